The zero-order chi connectivity index (χ0) is 25.0. The van der Waals surface area contributed by atoms with Gasteiger partial charge in [-0.3, -0.25) is 0 Å². The summed E-state index contributed by atoms with van der Waals surface area (Å²) in [6.07, 6.45) is -0.898. The van der Waals surface area contributed by atoms with Crippen LogP contribution in [0, 0.1) is 18.4 Å². The first-order valence-corrected chi connectivity index (χ1v) is 11.4. The van der Waals surface area contributed by atoms with Gasteiger partial charge in [0.2, 0.25) is 12.2 Å². The Bertz CT molecular complexity index is 1230. The number of guanidine groups is 1. The highest BCUT2D eigenvalue weighted by Crippen LogP contribution is 2.32. The molecule has 182 valence electrons. The minimum Gasteiger partial charge on any atom is -0.351 e. The van der Waals surface area contributed by atoms with Crippen molar-refractivity contribution in [2.45, 2.75) is 45.1 Å². The molecule has 0 amide bonds. The van der Waals surface area contributed by atoms with Crippen molar-refractivity contribution in [1.82, 2.24) is 25.0 Å². The van der Waals surface area contributed by atoms with Crippen molar-refractivity contribution in [3.05, 3.63) is 81.9 Å². The molecule has 0 radical (unpaired) electrons. The Kier molecular flexibility index (Phi) is 7.26. The number of nitriles is 1. The molecule has 4 rings (SSSR count). The summed E-state index contributed by atoms with van der Waals surface area (Å²) in [5, 5.41) is 21.8. The van der Waals surface area contributed by atoms with Crippen LogP contribution in [0.1, 0.15) is 47.2 Å². The fourth-order valence-electron chi connectivity index (χ4n) is 4.15. The third-order valence-corrected chi connectivity index (χ3v) is 6.18. The molecule has 3 aromatic rings. The van der Waals surface area contributed by atoms with Crippen LogP contribution in [0.15, 0.2) is 53.5 Å². The largest absolute Gasteiger partial charge is 0.416 e. The van der Waals surface area contributed by atoms with Gasteiger partial charge in [0.1, 0.15) is 5.82 Å². The lowest BCUT2D eigenvalue weighted by Gasteiger charge is -2.27. The van der Waals surface area contributed by atoms with Crippen LogP contribution >= 0.6 is 11.6 Å². The maximum Gasteiger partial charge on any atom is 0.416 e. The van der Waals surface area contributed by atoms with Crippen molar-refractivity contribution >= 4 is 17.6 Å². The van der Waals surface area contributed by atoms with Crippen molar-refractivity contribution in [2.75, 3.05) is 6.54 Å². The lowest BCUT2D eigenvalue weighted by molar-refractivity contribution is -0.137. The summed E-state index contributed by atoms with van der Waals surface area (Å²) in [6.45, 7) is 3.33. The topological polar surface area (TPSA) is 82.1 Å². The Balaban J connectivity index is 1.52. The molecule has 1 fully saturated rings. The van der Waals surface area contributed by atoms with E-state index in [9.17, 15) is 18.4 Å². The van der Waals surface area contributed by atoms with Crippen LogP contribution in [0.25, 0.3) is 0 Å². The van der Waals surface area contributed by atoms with Gasteiger partial charge in [-0.05, 0) is 55.2 Å². The van der Waals surface area contributed by atoms with Gasteiger partial charge in [0.05, 0.1) is 18.2 Å². The fraction of sp³-hybridized carbons (Fsp3) is 0.333. The van der Waals surface area contributed by atoms with E-state index in [2.05, 4.69) is 20.5 Å². The van der Waals surface area contributed by atoms with Crippen LogP contribution in [0.3, 0.4) is 0 Å². The lowest BCUT2D eigenvalue weighted by Crippen LogP contribution is -2.41. The molecule has 1 aromatic heterocycles. The number of halogens is 4. The van der Waals surface area contributed by atoms with Crippen molar-refractivity contribution in [3.8, 4) is 6.19 Å². The number of nitrogens with zero attached hydrogens (tertiary/aromatic N) is 6. The Morgan fingerprint density at radius 3 is 2.49 bits per heavy atom. The molecule has 1 N–H and O–H groups in total. The number of benzene rings is 2. The molecule has 1 aliphatic heterocycles. The van der Waals surface area contributed by atoms with Crippen molar-refractivity contribution in [2.24, 2.45) is 4.99 Å². The number of aromatic nitrogens is 3. The normalized spacial score (nSPS) is 16.4. The third-order valence-electron chi connectivity index (χ3n) is 5.93. The van der Waals surface area contributed by atoms with E-state index in [1.54, 1.807) is 0 Å². The molecule has 0 unspecified atom stereocenters. The average Bonchev–Trinajstić information content (AvgIpc) is 3.44. The van der Waals surface area contributed by atoms with Gasteiger partial charge < -0.3 is 14.8 Å². The van der Waals surface area contributed by atoms with Gasteiger partial charge in [-0.1, -0.05) is 35.9 Å². The first-order chi connectivity index (χ1) is 16.8. The van der Waals surface area contributed by atoms with E-state index in [4.69, 9.17) is 11.6 Å². The molecular weight excluding hydrogens is 479 g/mol. The second-order valence-corrected chi connectivity index (χ2v) is 8.69. The van der Waals surface area contributed by atoms with Crippen molar-refractivity contribution < 1.29 is 13.2 Å². The Morgan fingerprint density at radius 1 is 1.14 bits per heavy atom. The first kappa shape index (κ1) is 24.5. The SMILES string of the molecule is Cc1nnc([C@H]2CCCN2/C(=N/C#N)NCc2ccc(C(F)(F)F)cc2)n1Cc1ccc(Cl)cc1. The second-order valence-electron chi connectivity index (χ2n) is 8.25. The minimum absolute atomic E-state index is 0.157. The Morgan fingerprint density at radius 2 is 1.83 bits per heavy atom. The van der Waals surface area contributed by atoms with E-state index in [0.29, 0.717) is 29.6 Å². The van der Waals surface area contributed by atoms with Gasteiger partial charge in [0, 0.05) is 18.1 Å². The van der Waals surface area contributed by atoms with Gasteiger partial charge in [0.25, 0.3) is 0 Å². The predicted octanol–water partition coefficient (Wildman–Crippen LogP) is 5.07. The summed E-state index contributed by atoms with van der Waals surface area (Å²) in [5.41, 5.74) is 0.984. The number of rotatable bonds is 5. The second kappa shape index (κ2) is 10.4. The highest BCUT2D eigenvalue weighted by Gasteiger charge is 2.33. The average molecular weight is 502 g/mol. The molecule has 7 nitrogen and oxygen atoms in total. The monoisotopic (exact) mass is 501 g/mol. The van der Waals surface area contributed by atoms with Crippen LogP contribution in [-0.4, -0.2) is 32.2 Å². The molecule has 1 aliphatic rings. The summed E-state index contributed by atoms with van der Waals surface area (Å²) < 4.78 is 40.5. The van der Waals surface area contributed by atoms with E-state index < -0.39 is 11.7 Å². The van der Waals surface area contributed by atoms with Gasteiger partial charge in [-0.2, -0.15) is 18.4 Å². The van der Waals surface area contributed by atoms with Gasteiger partial charge in [-0.15, -0.1) is 15.2 Å². The molecule has 0 bridgehead atoms. The summed E-state index contributed by atoms with van der Waals surface area (Å²) in [6, 6.07) is 12.3. The van der Waals surface area contributed by atoms with E-state index in [1.807, 2.05) is 46.8 Å². The molecule has 1 saturated heterocycles. The van der Waals surface area contributed by atoms with Gasteiger partial charge in [0.15, 0.2) is 5.82 Å². The maximum atomic E-state index is 12.8. The summed E-state index contributed by atoms with van der Waals surface area (Å²) in [4.78, 5) is 5.94. The fourth-order valence-corrected chi connectivity index (χ4v) is 4.27. The highest BCUT2D eigenvalue weighted by atomic mass is 35.5. The van der Waals surface area contributed by atoms with Crippen LogP contribution < -0.4 is 5.32 Å². The number of nitrogens with one attached hydrogen (secondary N) is 1. The number of hydrogen-bond donors (Lipinski definition) is 1. The quantitative estimate of drug-likeness (QED) is 0.300. The van der Waals surface area contributed by atoms with Crippen LogP contribution in [-0.2, 0) is 19.3 Å². The first-order valence-electron chi connectivity index (χ1n) is 11.0. The molecule has 35 heavy (non-hydrogen) atoms. The van der Waals surface area contributed by atoms with E-state index in [-0.39, 0.29) is 12.6 Å². The van der Waals surface area contributed by atoms with Crippen LogP contribution in [0.2, 0.25) is 5.02 Å². The van der Waals surface area contributed by atoms with Crippen molar-refractivity contribution in [1.29, 1.82) is 5.26 Å². The number of alkyl halides is 3. The molecule has 11 heteroatoms. The summed E-state index contributed by atoms with van der Waals surface area (Å²) >= 11 is 6.01. The zero-order valence-electron chi connectivity index (χ0n) is 18.9. The predicted molar refractivity (Wildman–Crippen MR) is 125 cm³/mol. The minimum atomic E-state index is -4.39. The van der Waals surface area contributed by atoms with Crippen molar-refractivity contribution in [3.63, 3.8) is 0 Å². The number of hydrogen-bond acceptors (Lipinski definition) is 4. The third kappa shape index (κ3) is 5.74. The smallest absolute Gasteiger partial charge is 0.351 e. The Labute approximate surface area is 205 Å². The van der Waals surface area contributed by atoms with E-state index in [1.165, 1.54) is 12.1 Å². The maximum absolute atomic E-state index is 12.8. The molecule has 2 aromatic carbocycles. The van der Waals surface area contributed by atoms with Crippen LogP contribution in [0.4, 0.5) is 13.2 Å². The van der Waals surface area contributed by atoms with E-state index in [0.717, 1.165) is 42.2 Å². The molecule has 1 atom stereocenters. The van der Waals surface area contributed by atoms with Gasteiger partial charge >= 0.3 is 6.18 Å². The highest BCUT2D eigenvalue weighted by molar-refractivity contribution is 6.30. The molecule has 0 spiro atoms. The standard InChI is InChI=1S/C24H23ClF3N7/c1-16-32-33-22(35(16)14-18-6-10-20(25)11-7-18)21-3-2-12-34(21)23(31-15-29)30-13-17-4-8-19(9-5-17)24(26,27)28/h4-11,21H,2-3,12-14H2,1H3,(H,30,31)/t21-/m1/s1. The molecule has 0 saturated carbocycles. The number of aliphatic imine (C=N–C) groups is 1. The Hall–Kier alpha value is -3.58. The number of aryl methyl sites for hydroxylation is 1. The number of likely N-dealkylation sites (tertiary alicyclic amines) is 1. The van der Waals surface area contributed by atoms with Gasteiger partial charge in [-0.25, -0.2) is 0 Å². The molecule has 2 heterocycles. The summed E-state index contributed by atoms with van der Waals surface area (Å²) in [5.74, 6) is 1.88. The molecular formula is C24H23ClF3N7. The van der Waals surface area contributed by atoms with Crippen LogP contribution in [0.5, 0.6) is 0 Å². The lowest BCUT2D eigenvalue weighted by atomic mass is 10.1. The molecule has 0 aliphatic carbocycles. The zero-order valence-corrected chi connectivity index (χ0v) is 19.7. The van der Waals surface area contributed by atoms with E-state index >= 15 is 0 Å². The summed E-state index contributed by atoms with van der Waals surface area (Å²) in [7, 11) is 0.